The van der Waals surface area contributed by atoms with E-state index in [1.165, 1.54) is 39.2 Å². The molecule has 1 N–H and O–H groups in total. The summed E-state index contributed by atoms with van der Waals surface area (Å²) < 4.78 is 19.0. The van der Waals surface area contributed by atoms with E-state index in [2.05, 4.69) is 12.2 Å². The molecule has 1 aliphatic rings. The van der Waals surface area contributed by atoms with Gasteiger partial charge in [-0.05, 0) is 49.4 Å². The topological polar surface area (TPSA) is 21.3 Å². The Bertz CT molecular complexity index is 415. The van der Waals surface area contributed by atoms with Gasteiger partial charge in [0.05, 0.1) is 7.11 Å². The predicted octanol–water partition coefficient (Wildman–Crippen LogP) is 4.46. The molecular weight excluding hydrogens is 253 g/mol. The third-order valence-electron chi connectivity index (χ3n) is 4.27. The van der Waals surface area contributed by atoms with Crippen LogP contribution < -0.4 is 10.1 Å². The first-order chi connectivity index (χ1) is 9.76. The second-order valence-corrected chi connectivity index (χ2v) is 5.72. The SMILES string of the molecule is CCCNC(c1ccc(OC)c(F)c1)C1CCCCC1. The molecule has 1 aliphatic carbocycles. The van der Waals surface area contributed by atoms with Crippen molar-refractivity contribution in [3.63, 3.8) is 0 Å². The molecule has 1 aromatic carbocycles. The number of ether oxygens (including phenoxy) is 1. The number of halogens is 1. The highest BCUT2D eigenvalue weighted by Gasteiger charge is 2.25. The van der Waals surface area contributed by atoms with Crippen LogP contribution in [0.25, 0.3) is 0 Å². The van der Waals surface area contributed by atoms with Crippen molar-refractivity contribution in [3.8, 4) is 5.75 Å². The van der Waals surface area contributed by atoms with Crippen LogP contribution in [0, 0.1) is 11.7 Å². The Morgan fingerprint density at radius 2 is 2.05 bits per heavy atom. The molecule has 0 aromatic heterocycles. The molecular formula is C17H26FNO. The molecule has 1 saturated carbocycles. The summed E-state index contributed by atoms with van der Waals surface area (Å²) in [5.74, 6) is 0.693. The van der Waals surface area contributed by atoms with Crippen LogP contribution in [0.5, 0.6) is 5.75 Å². The maximum absolute atomic E-state index is 13.9. The van der Waals surface area contributed by atoms with Crippen LogP contribution in [0.3, 0.4) is 0 Å². The highest BCUT2D eigenvalue weighted by molar-refractivity contribution is 5.31. The van der Waals surface area contributed by atoms with Crippen molar-refractivity contribution in [1.29, 1.82) is 0 Å². The van der Waals surface area contributed by atoms with E-state index in [0.717, 1.165) is 18.5 Å². The number of rotatable bonds is 6. The molecule has 20 heavy (non-hydrogen) atoms. The molecule has 0 saturated heterocycles. The Hall–Kier alpha value is -1.09. The van der Waals surface area contributed by atoms with Crippen LogP contribution in [0.15, 0.2) is 18.2 Å². The fourth-order valence-corrected chi connectivity index (χ4v) is 3.20. The van der Waals surface area contributed by atoms with Gasteiger partial charge < -0.3 is 10.1 Å². The Morgan fingerprint density at radius 1 is 1.30 bits per heavy atom. The number of hydrogen-bond donors (Lipinski definition) is 1. The van der Waals surface area contributed by atoms with Gasteiger partial charge in [0.1, 0.15) is 0 Å². The van der Waals surface area contributed by atoms with Gasteiger partial charge in [0.2, 0.25) is 0 Å². The van der Waals surface area contributed by atoms with E-state index in [9.17, 15) is 4.39 Å². The first-order valence-electron chi connectivity index (χ1n) is 7.83. The number of hydrogen-bond acceptors (Lipinski definition) is 2. The van der Waals surface area contributed by atoms with E-state index in [-0.39, 0.29) is 11.9 Å². The van der Waals surface area contributed by atoms with Gasteiger partial charge in [0.15, 0.2) is 11.6 Å². The minimum atomic E-state index is -0.260. The Kier molecular flexibility index (Phi) is 5.84. The molecule has 0 aliphatic heterocycles. The summed E-state index contributed by atoms with van der Waals surface area (Å²) in [5.41, 5.74) is 1.06. The quantitative estimate of drug-likeness (QED) is 0.830. The summed E-state index contributed by atoms with van der Waals surface area (Å²) in [7, 11) is 1.51. The predicted molar refractivity (Wildman–Crippen MR) is 80.6 cm³/mol. The lowest BCUT2D eigenvalue weighted by atomic mass is 9.81. The summed E-state index contributed by atoms with van der Waals surface area (Å²) in [6, 6.07) is 5.66. The normalized spacial score (nSPS) is 17.9. The summed E-state index contributed by atoms with van der Waals surface area (Å²) in [6.07, 6.45) is 7.53. The molecule has 0 heterocycles. The smallest absolute Gasteiger partial charge is 0.165 e. The number of benzene rings is 1. The van der Waals surface area contributed by atoms with Crippen LogP contribution >= 0.6 is 0 Å². The highest BCUT2D eigenvalue weighted by atomic mass is 19.1. The summed E-state index contributed by atoms with van der Waals surface area (Å²) in [4.78, 5) is 0. The average Bonchev–Trinajstić information content (AvgIpc) is 2.49. The third-order valence-corrected chi connectivity index (χ3v) is 4.27. The van der Waals surface area contributed by atoms with Gasteiger partial charge in [0, 0.05) is 6.04 Å². The average molecular weight is 279 g/mol. The number of methoxy groups -OCH3 is 1. The fourth-order valence-electron chi connectivity index (χ4n) is 3.20. The standard InChI is InChI=1S/C17H26FNO/c1-3-11-19-17(13-7-5-4-6-8-13)14-9-10-16(20-2)15(18)12-14/h9-10,12-13,17,19H,3-8,11H2,1-2H3. The van der Waals surface area contributed by atoms with Crippen molar-refractivity contribution in [3.05, 3.63) is 29.6 Å². The Morgan fingerprint density at radius 3 is 2.65 bits per heavy atom. The molecule has 1 fully saturated rings. The summed E-state index contributed by atoms with van der Waals surface area (Å²) in [5, 5.41) is 3.61. The number of nitrogens with one attached hydrogen (secondary N) is 1. The molecule has 0 bridgehead atoms. The molecule has 112 valence electrons. The van der Waals surface area contributed by atoms with E-state index >= 15 is 0 Å². The van der Waals surface area contributed by atoms with E-state index in [0.29, 0.717) is 11.7 Å². The zero-order chi connectivity index (χ0) is 14.4. The molecule has 3 heteroatoms. The van der Waals surface area contributed by atoms with Crippen LogP contribution in [0.2, 0.25) is 0 Å². The maximum Gasteiger partial charge on any atom is 0.165 e. The lowest BCUT2D eigenvalue weighted by Gasteiger charge is -2.31. The largest absolute Gasteiger partial charge is 0.494 e. The van der Waals surface area contributed by atoms with Crippen molar-refractivity contribution in [1.82, 2.24) is 5.32 Å². The molecule has 0 amide bonds. The summed E-state index contributed by atoms with van der Waals surface area (Å²) in [6.45, 7) is 3.15. The Balaban J connectivity index is 2.18. The van der Waals surface area contributed by atoms with E-state index < -0.39 is 0 Å². The van der Waals surface area contributed by atoms with Crippen molar-refractivity contribution in [2.75, 3.05) is 13.7 Å². The fraction of sp³-hybridized carbons (Fsp3) is 0.647. The van der Waals surface area contributed by atoms with Crippen LogP contribution in [-0.2, 0) is 0 Å². The highest BCUT2D eigenvalue weighted by Crippen LogP contribution is 2.35. The third kappa shape index (κ3) is 3.72. The lowest BCUT2D eigenvalue weighted by molar-refractivity contribution is 0.271. The maximum atomic E-state index is 13.9. The second-order valence-electron chi connectivity index (χ2n) is 5.72. The molecule has 1 unspecified atom stereocenters. The molecule has 0 spiro atoms. The molecule has 0 radical (unpaired) electrons. The molecule has 2 nitrogen and oxygen atoms in total. The van der Waals surface area contributed by atoms with Crippen LogP contribution in [0.1, 0.15) is 57.1 Å². The van der Waals surface area contributed by atoms with Gasteiger partial charge in [0.25, 0.3) is 0 Å². The molecule has 1 aromatic rings. The zero-order valence-electron chi connectivity index (χ0n) is 12.6. The first kappa shape index (κ1) is 15.3. The van der Waals surface area contributed by atoms with Gasteiger partial charge in [-0.1, -0.05) is 32.3 Å². The van der Waals surface area contributed by atoms with E-state index in [1.54, 1.807) is 12.1 Å². The first-order valence-corrected chi connectivity index (χ1v) is 7.83. The van der Waals surface area contributed by atoms with Crippen molar-refractivity contribution >= 4 is 0 Å². The molecule has 2 rings (SSSR count). The van der Waals surface area contributed by atoms with Gasteiger partial charge in [-0.2, -0.15) is 0 Å². The van der Waals surface area contributed by atoms with Crippen molar-refractivity contribution in [2.24, 2.45) is 5.92 Å². The Labute approximate surface area is 121 Å². The zero-order valence-corrected chi connectivity index (χ0v) is 12.6. The minimum absolute atomic E-state index is 0.260. The van der Waals surface area contributed by atoms with Crippen LogP contribution in [0.4, 0.5) is 4.39 Å². The summed E-state index contributed by atoms with van der Waals surface area (Å²) >= 11 is 0. The second kappa shape index (κ2) is 7.63. The molecule has 1 atom stereocenters. The van der Waals surface area contributed by atoms with Crippen molar-refractivity contribution in [2.45, 2.75) is 51.5 Å². The van der Waals surface area contributed by atoms with Gasteiger partial charge in [-0.25, -0.2) is 4.39 Å². The van der Waals surface area contributed by atoms with E-state index in [4.69, 9.17) is 4.74 Å². The van der Waals surface area contributed by atoms with Crippen LogP contribution in [-0.4, -0.2) is 13.7 Å². The van der Waals surface area contributed by atoms with Crippen molar-refractivity contribution < 1.29 is 9.13 Å². The van der Waals surface area contributed by atoms with Gasteiger partial charge in [-0.3, -0.25) is 0 Å². The van der Waals surface area contributed by atoms with Gasteiger partial charge in [-0.15, -0.1) is 0 Å². The minimum Gasteiger partial charge on any atom is -0.494 e. The lowest BCUT2D eigenvalue weighted by Crippen LogP contribution is -2.30. The monoisotopic (exact) mass is 279 g/mol. The van der Waals surface area contributed by atoms with Gasteiger partial charge >= 0.3 is 0 Å². The van der Waals surface area contributed by atoms with E-state index in [1.807, 2.05) is 6.07 Å².